The Labute approximate surface area is 138 Å². The van der Waals surface area contributed by atoms with Gasteiger partial charge >= 0.3 is 0 Å². The zero-order valence-electron chi connectivity index (χ0n) is 12.8. The van der Waals surface area contributed by atoms with Gasteiger partial charge in [-0.15, -0.1) is 0 Å². The minimum atomic E-state index is -3.43. The van der Waals surface area contributed by atoms with E-state index >= 15 is 0 Å². The third kappa shape index (κ3) is 2.98. The quantitative estimate of drug-likeness (QED) is 0.922. The van der Waals surface area contributed by atoms with Crippen LogP contribution in [0.2, 0.25) is 0 Å². The molecule has 5 nitrogen and oxygen atoms in total. The number of rotatable bonds is 3. The van der Waals surface area contributed by atoms with Crippen molar-refractivity contribution in [3.63, 3.8) is 0 Å². The Hall–Kier alpha value is -2.43. The molecular formula is C17H14FNO4S. The number of hydrogen-bond donors (Lipinski definition) is 1. The van der Waals surface area contributed by atoms with Gasteiger partial charge in [-0.05, 0) is 42.7 Å². The maximum atomic E-state index is 13.5. The van der Waals surface area contributed by atoms with Gasteiger partial charge in [-0.3, -0.25) is 0 Å². The molecule has 0 amide bonds. The molecule has 0 aliphatic heterocycles. The van der Waals surface area contributed by atoms with Crippen molar-refractivity contribution in [2.75, 3.05) is 6.26 Å². The maximum absolute atomic E-state index is 13.5. The van der Waals surface area contributed by atoms with E-state index in [1.807, 2.05) is 6.07 Å². The zero-order valence-corrected chi connectivity index (χ0v) is 13.6. The molecule has 2 aromatic rings. The lowest BCUT2D eigenvalue weighted by atomic mass is 10.1. The molecule has 7 heteroatoms. The number of fused-ring (bicyclic) bond motifs is 1. The van der Waals surface area contributed by atoms with Crippen LogP contribution in [-0.4, -0.2) is 19.8 Å². The summed E-state index contributed by atoms with van der Waals surface area (Å²) in [4.78, 5) is 0.165. The van der Waals surface area contributed by atoms with Gasteiger partial charge < -0.3 is 9.84 Å². The Morgan fingerprint density at radius 1 is 1.33 bits per heavy atom. The molecule has 0 saturated heterocycles. The average Bonchev–Trinajstić information content (AvgIpc) is 2.88. The summed E-state index contributed by atoms with van der Waals surface area (Å²) < 4.78 is 42.9. The minimum Gasteiger partial charge on any atom is -0.457 e. The third-order valence-electron chi connectivity index (χ3n) is 3.90. The van der Waals surface area contributed by atoms with Crippen LogP contribution in [0.5, 0.6) is 11.5 Å². The fraction of sp³-hybridized carbons (Fsp3) is 0.235. The van der Waals surface area contributed by atoms with Crippen molar-refractivity contribution in [2.24, 2.45) is 0 Å². The van der Waals surface area contributed by atoms with Crippen molar-refractivity contribution in [2.45, 2.75) is 23.8 Å². The number of nitrogens with zero attached hydrogens (tertiary/aromatic N) is 1. The molecule has 0 radical (unpaired) electrons. The second kappa shape index (κ2) is 5.89. The van der Waals surface area contributed by atoms with Gasteiger partial charge in [0, 0.05) is 17.9 Å². The summed E-state index contributed by atoms with van der Waals surface area (Å²) in [6.07, 6.45) is 1.08. The topological polar surface area (TPSA) is 87.4 Å². The molecule has 0 bridgehead atoms. The van der Waals surface area contributed by atoms with Crippen LogP contribution in [0.4, 0.5) is 4.39 Å². The average molecular weight is 347 g/mol. The second-order valence-corrected chi connectivity index (χ2v) is 7.65. The van der Waals surface area contributed by atoms with Crippen LogP contribution < -0.4 is 4.74 Å². The predicted molar refractivity (Wildman–Crippen MR) is 84.0 cm³/mol. The number of nitriles is 1. The highest BCUT2D eigenvalue weighted by atomic mass is 32.2. The standard InChI is InChI=1S/C17H14FNO4S/c1-24(21,22)16-5-4-15(17-13(16)2-3-14(17)20)23-12-7-10(9-19)6-11(18)8-12/h4-8,14,20H,2-3H2,1H3/t14-/m0/s1. The van der Waals surface area contributed by atoms with Gasteiger partial charge in [0.05, 0.1) is 22.6 Å². The molecule has 0 heterocycles. The van der Waals surface area contributed by atoms with E-state index < -0.39 is 21.8 Å². The molecule has 0 aromatic heterocycles. The van der Waals surface area contributed by atoms with Crippen molar-refractivity contribution < 1.29 is 22.7 Å². The van der Waals surface area contributed by atoms with Crippen LogP contribution in [0.1, 0.15) is 29.2 Å². The molecule has 124 valence electrons. The molecule has 0 fully saturated rings. The number of aliphatic hydroxyl groups is 1. The van der Waals surface area contributed by atoms with Gasteiger partial charge in [0.15, 0.2) is 9.84 Å². The summed E-state index contributed by atoms with van der Waals surface area (Å²) in [6, 6.07) is 8.29. The van der Waals surface area contributed by atoms with E-state index in [-0.39, 0.29) is 22.0 Å². The molecule has 0 unspecified atom stereocenters. The van der Waals surface area contributed by atoms with Crippen molar-refractivity contribution in [1.29, 1.82) is 5.26 Å². The fourth-order valence-corrected chi connectivity index (χ4v) is 3.90. The van der Waals surface area contributed by atoms with E-state index in [1.54, 1.807) is 0 Å². The van der Waals surface area contributed by atoms with Crippen molar-refractivity contribution in [3.8, 4) is 17.6 Å². The zero-order chi connectivity index (χ0) is 17.5. The van der Waals surface area contributed by atoms with Gasteiger partial charge in [0.2, 0.25) is 0 Å². The van der Waals surface area contributed by atoms with Crippen LogP contribution in [-0.2, 0) is 16.3 Å². The van der Waals surface area contributed by atoms with Crippen LogP contribution >= 0.6 is 0 Å². The summed E-state index contributed by atoms with van der Waals surface area (Å²) >= 11 is 0. The highest BCUT2D eigenvalue weighted by molar-refractivity contribution is 7.90. The van der Waals surface area contributed by atoms with Crippen molar-refractivity contribution >= 4 is 9.84 Å². The van der Waals surface area contributed by atoms with Gasteiger partial charge in [0.1, 0.15) is 17.3 Å². The number of sulfone groups is 1. The van der Waals surface area contributed by atoms with E-state index in [9.17, 15) is 17.9 Å². The highest BCUT2D eigenvalue weighted by Crippen LogP contribution is 2.42. The summed E-state index contributed by atoms with van der Waals surface area (Å²) in [5.41, 5.74) is 1.04. The third-order valence-corrected chi connectivity index (χ3v) is 5.08. The summed E-state index contributed by atoms with van der Waals surface area (Å²) in [5.74, 6) is -0.245. The van der Waals surface area contributed by atoms with Crippen LogP contribution in [0.15, 0.2) is 35.2 Å². The smallest absolute Gasteiger partial charge is 0.175 e. The molecule has 1 aliphatic rings. The number of hydrogen-bond acceptors (Lipinski definition) is 5. The lowest BCUT2D eigenvalue weighted by Gasteiger charge is -2.15. The molecule has 3 rings (SSSR count). The molecule has 1 N–H and O–H groups in total. The highest BCUT2D eigenvalue weighted by Gasteiger charge is 2.30. The van der Waals surface area contributed by atoms with E-state index in [4.69, 9.17) is 10.00 Å². The lowest BCUT2D eigenvalue weighted by molar-refractivity contribution is 0.177. The van der Waals surface area contributed by atoms with E-state index in [0.29, 0.717) is 24.0 Å². The predicted octanol–water partition coefficient (Wildman–Crippen LogP) is 2.87. The molecule has 0 saturated carbocycles. The summed E-state index contributed by atoms with van der Waals surface area (Å²) in [7, 11) is -3.43. The Morgan fingerprint density at radius 3 is 2.75 bits per heavy atom. The first-order valence-electron chi connectivity index (χ1n) is 7.22. The van der Waals surface area contributed by atoms with Crippen molar-refractivity contribution in [1.82, 2.24) is 0 Å². The Balaban J connectivity index is 2.09. The summed E-state index contributed by atoms with van der Waals surface area (Å²) in [5, 5.41) is 19.1. The Morgan fingerprint density at radius 2 is 2.08 bits per heavy atom. The SMILES string of the molecule is CS(=O)(=O)c1ccc(Oc2cc(F)cc(C#N)c2)c2c1CC[C@@H]2O. The number of benzene rings is 2. The molecular weight excluding hydrogens is 333 g/mol. The van der Waals surface area contributed by atoms with Gasteiger partial charge in [0.25, 0.3) is 0 Å². The first-order chi connectivity index (χ1) is 11.3. The van der Waals surface area contributed by atoms with Crippen molar-refractivity contribution in [3.05, 3.63) is 52.8 Å². The first-order valence-corrected chi connectivity index (χ1v) is 9.11. The maximum Gasteiger partial charge on any atom is 0.175 e. The van der Waals surface area contributed by atoms with Crippen LogP contribution in [0.25, 0.3) is 0 Å². The Bertz CT molecular complexity index is 963. The fourth-order valence-electron chi connectivity index (χ4n) is 2.92. The number of aliphatic hydroxyl groups excluding tert-OH is 1. The Kier molecular flexibility index (Phi) is 4.03. The monoisotopic (exact) mass is 347 g/mol. The first kappa shape index (κ1) is 16.4. The normalized spacial score (nSPS) is 16.5. The van der Waals surface area contributed by atoms with Gasteiger partial charge in [-0.25, -0.2) is 12.8 Å². The molecule has 0 spiro atoms. The second-order valence-electron chi connectivity index (χ2n) is 5.67. The number of ether oxygens (including phenoxy) is 1. The molecule has 24 heavy (non-hydrogen) atoms. The van der Waals surface area contributed by atoms with E-state index in [0.717, 1.165) is 18.4 Å². The van der Waals surface area contributed by atoms with Crippen LogP contribution in [0.3, 0.4) is 0 Å². The van der Waals surface area contributed by atoms with Gasteiger partial charge in [-0.2, -0.15) is 5.26 Å². The van der Waals surface area contributed by atoms with Crippen LogP contribution in [0, 0.1) is 17.1 Å². The summed E-state index contributed by atoms with van der Waals surface area (Å²) in [6.45, 7) is 0. The van der Waals surface area contributed by atoms with E-state index in [2.05, 4.69) is 0 Å². The number of halogens is 1. The lowest BCUT2D eigenvalue weighted by Crippen LogP contribution is -2.04. The minimum absolute atomic E-state index is 0.106. The largest absolute Gasteiger partial charge is 0.457 e. The molecule has 2 aromatic carbocycles. The van der Waals surface area contributed by atoms with E-state index in [1.165, 1.54) is 18.2 Å². The molecule has 1 atom stereocenters. The van der Waals surface area contributed by atoms with Gasteiger partial charge in [-0.1, -0.05) is 0 Å². The molecule has 1 aliphatic carbocycles.